The van der Waals surface area contributed by atoms with Crippen LogP contribution >= 0.6 is 0 Å². The van der Waals surface area contributed by atoms with Crippen LogP contribution in [0.15, 0.2) is 30.7 Å². The number of anilines is 1. The van der Waals surface area contributed by atoms with Crippen molar-refractivity contribution >= 4 is 17.0 Å². The van der Waals surface area contributed by atoms with Crippen molar-refractivity contribution in [1.82, 2.24) is 24.7 Å². The van der Waals surface area contributed by atoms with Gasteiger partial charge in [-0.1, -0.05) is 0 Å². The SMILES string of the molecule is FC(F)Cn1ncc2ncc(N3CC4CC4(COc4cc(CC(F)(F)F)ccn4)C3)nc21. The third-order valence-electron chi connectivity index (χ3n) is 5.98. The van der Waals surface area contributed by atoms with Crippen molar-refractivity contribution in [3.63, 3.8) is 0 Å². The van der Waals surface area contributed by atoms with E-state index in [2.05, 4.69) is 20.1 Å². The zero-order valence-electron chi connectivity index (χ0n) is 16.8. The molecule has 2 aliphatic rings. The van der Waals surface area contributed by atoms with Crippen LogP contribution in [0.3, 0.4) is 0 Å². The second-order valence-electron chi connectivity index (χ2n) is 8.38. The van der Waals surface area contributed by atoms with E-state index in [0.29, 0.717) is 42.6 Å². The summed E-state index contributed by atoms with van der Waals surface area (Å²) in [6.07, 6.45) is -2.62. The average molecular weight is 454 g/mol. The molecule has 7 nitrogen and oxygen atoms in total. The first-order valence-electron chi connectivity index (χ1n) is 10.1. The van der Waals surface area contributed by atoms with Crippen LogP contribution in [0.5, 0.6) is 5.88 Å². The second kappa shape index (κ2) is 7.52. The second-order valence-corrected chi connectivity index (χ2v) is 8.38. The summed E-state index contributed by atoms with van der Waals surface area (Å²) in [6.45, 7) is 1.12. The van der Waals surface area contributed by atoms with Crippen LogP contribution in [0, 0.1) is 11.3 Å². The number of aromatic nitrogens is 5. The van der Waals surface area contributed by atoms with Gasteiger partial charge in [0.15, 0.2) is 5.65 Å². The van der Waals surface area contributed by atoms with E-state index in [0.717, 1.165) is 11.1 Å². The molecule has 2 atom stereocenters. The number of ether oxygens (including phenoxy) is 1. The van der Waals surface area contributed by atoms with Gasteiger partial charge >= 0.3 is 6.18 Å². The number of halogens is 5. The zero-order valence-corrected chi connectivity index (χ0v) is 16.8. The van der Waals surface area contributed by atoms with Crippen LogP contribution < -0.4 is 9.64 Å². The van der Waals surface area contributed by atoms with Gasteiger partial charge in [-0.3, -0.25) is 0 Å². The largest absolute Gasteiger partial charge is 0.477 e. The molecule has 2 unspecified atom stereocenters. The number of alkyl halides is 5. The first-order chi connectivity index (χ1) is 15.2. The molecule has 0 N–H and O–H groups in total. The van der Waals surface area contributed by atoms with E-state index < -0.39 is 25.6 Å². The minimum atomic E-state index is -4.29. The highest BCUT2D eigenvalue weighted by Crippen LogP contribution is 2.58. The molecule has 3 aromatic rings. The van der Waals surface area contributed by atoms with Crippen LogP contribution in [0.4, 0.5) is 27.8 Å². The lowest BCUT2D eigenvalue weighted by molar-refractivity contribution is -0.127. The summed E-state index contributed by atoms with van der Waals surface area (Å²) in [7, 11) is 0. The molecule has 0 aromatic carbocycles. The Kier molecular flexibility index (Phi) is 4.90. The average Bonchev–Trinajstić information content (AvgIpc) is 3.06. The maximum Gasteiger partial charge on any atom is 0.393 e. The van der Waals surface area contributed by atoms with E-state index in [1.54, 1.807) is 6.20 Å². The van der Waals surface area contributed by atoms with Crippen LogP contribution in [0.2, 0.25) is 0 Å². The van der Waals surface area contributed by atoms with E-state index in [1.807, 2.05) is 4.90 Å². The highest BCUT2D eigenvalue weighted by Gasteiger charge is 2.60. The fourth-order valence-electron chi connectivity index (χ4n) is 4.34. The summed E-state index contributed by atoms with van der Waals surface area (Å²) in [6, 6.07) is 2.64. The van der Waals surface area contributed by atoms with E-state index in [4.69, 9.17) is 4.74 Å². The highest BCUT2D eigenvalue weighted by atomic mass is 19.4. The predicted molar refractivity (Wildman–Crippen MR) is 104 cm³/mol. The molecule has 4 heterocycles. The molecule has 1 aliphatic carbocycles. The Morgan fingerprint density at radius 1 is 1.22 bits per heavy atom. The monoisotopic (exact) mass is 454 g/mol. The minimum absolute atomic E-state index is 0.101. The van der Waals surface area contributed by atoms with Gasteiger partial charge in [-0.15, -0.1) is 0 Å². The molecule has 5 rings (SSSR count). The molecule has 3 aromatic heterocycles. The van der Waals surface area contributed by atoms with Crippen molar-refractivity contribution in [2.24, 2.45) is 11.3 Å². The van der Waals surface area contributed by atoms with Gasteiger partial charge in [0, 0.05) is 30.8 Å². The van der Waals surface area contributed by atoms with Crippen LogP contribution in [0.25, 0.3) is 11.2 Å². The molecule has 170 valence electrons. The van der Waals surface area contributed by atoms with Gasteiger partial charge in [-0.05, 0) is 24.0 Å². The maximum absolute atomic E-state index is 12.8. The molecule has 0 bridgehead atoms. The van der Waals surface area contributed by atoms with E-state index in [-0.39, 0.29) is 16.9 Å². The normalized spacial score (nSPS) is 22.6. The fraction of sp³-hybridized carbons (Fsp3) is 0.500. The number of nitrogens with zero attached hydrogens (tertiary/aromatic N) is 6. The van der Waals surface area contributed by atoms with Gasteiger partial charge < -0.3 is 9.64 Å². The molecular weight excluding hydrogens is 435 g/mol. The van der Waals surface area contributed by atoms with Crippen molar-refractivity contribution in [3.05, 3.63) is 36.3 Å². The fourth-order valence-corrected chi connectivity index (χ4v) is 4.34. The number of hydrogen-bond acceptors (Lipinski definition) is 6. The van der Waals surface area contributed by atoms with Gasteiger partial charge in [0.2, 0.25) is 5.88 Å². The lowest BCUT2D eigenvalue weighted by atomic mass is 10.1. The Hall–Kier alpha value is -3.05. The summed E-state index contributed by atoms with van der Waals surface area (Å²) >= 11 is 0. The van der Waals surface area contributed by atoms with E-state index in [1.165, 1.54) is 24.5 Å². The molecule has 0 spiro atoms. The zero-order chi connectivity index (χ0) is 22.5. The standard InChI is InChI=1S/C20H19F5N6O/c21-15(22)9-31-18-14(6-28-31)27-7-16(29-18)30-8-13-5-19(13,10-30)11-32-17-3-12(1-2-26-17)4-20(23,24)25/h1-3,6-7,13,15H,4-5,8-11H2. The first-order valence-corrected chi connectivity index (χ1v) is 10.1. The Bertz CT molecular complexity index is 1140. The molecule has 1 saturated carbocycles. The first kappa shape index (κ1) is 20.8. The number of pyridine rings is 1. The van der Waals surface area contributed by atoms with E-state index in [9.17, 15) is 22.0 Å². The van der Waals surface area contributed by atoms with Crippen LogP contribution in [0.1, 0.15) is 12.0 Å². The Balaban J connectivity index is 1.26. The smallest absolute Gasteiger partial charge is 0.393 e. The summed E-state index contributed by atoms with van der Waals surface area (Å²) in [5.74, 6) is 1.09. The molecule has 1 saturated heterocycles. The van der Waals surface area contributed by atoms with Gasteiger partial charge in [0.05, 0.1) is 25.4 Å². The lowest BCUT2D eigenvalue weighted by Gasteiger charge is -2.22. The van der Waals surface area contributed by atoms with Gasteiger partial charge in [-0.2, -0.15) is 18.3 Å². The summed E-state index contributed by atoms with van der Waals surface area (Å²) in [5, 5.41) is 3.93. The Morgan fingerprint density at radius 3 is 2.84 bits per heavy atom. The van der Waals surface area contributed by atoms with Gasteiger partial charge in [-0.25, -0.2) is 28.4 Å². The van der Waals surface area contributed by atoms with Crippen molar-refractivity contribution in [1.29, 1.82) is 0 Å². The van der Waals surface area contributed by atoms with Crippen molar-refractivity contribution < 1.29 is 26.7 Å². The quantitative estimate of drug-likeness (QED) is 0.509. The molecule has 2 fully saturated rings. The lowest BCUT2D eigenvalue weighted by Crippen LogP contribution is -2.28. The van der Waals surface area contributed by atoms with Crippen molar-refractivity contribution in [2.75, 3.05) is 24.6 Å². The van der Waals surface area contributed by atoms with Crippen LogP contribution in [-0.2, 0) is 13.0 Å². The summed E-state index contributed by atoms with van der Waals surface area (Å²) in [4.78, 5) is 14.8. The van der Waals surface area contributed by atoms with Crippen LogP contribution in [-0.4, -0.2) is 57.0 Å². The molecule has 12 heteroatoms. The molecule has 0 amide bonds. The summed E-state index contributed by atoms with van der Waals surface area (Å²) < 4.78 is 70.3. The molecule has 1 aliphatic heterocycles. The number of piperidine rings is 1. The summed E-state index contributed by atoms with van der Waals surface area (Å²) in [5.41, 5.74) is 0.715. The number of hydrogen-bond donors (Lipinski definition) is 0. The Morgan fingerprint density at radius 2 is 2.06 bits per heavy atom. The predicted octanol–water partition coefficient (Wildman–Crippen LogP) is 3.50. The van der Waals surface area contributed by atoms with E-state index >= 15 is 0 Å². The topological polar surface area (TPSA) is 69.0 Å². The Labute approximate surface area is 179 Å². The maximum atomic E-state index is 12.8. The highest BCUT2D eigenvalue weighted by molar-refractivity contribution is 5.71. The third kappa shape index (κ3) is 4.17. The molecular formula is C20H19F5N6O. The van der Waals surface area contributed by atoms with Crippen molar-refractivity contribution in [3.8, 4) is 5.88 Å². The minimum Gasteiger partial charge on any atom is -0.477 e. The van der Waals surface area contributed by atoms with Crippen molar-refractivity contribution in [2.45, 2.75) is 32.0 Å². The third-order valence-corrected chi connectivity index (χ3v) is 5.98. The number of fused-ring (bicyclic) bond motifs is 2. The van der Waals surface area contributed by atoms with Gasteiger partial charge in [0.25, 0.3) is 6.43 Å². The number of rotatable bonds is 7. The molecule has 32 heavy (non-hydrogen) atoms. The molecule has 0 radical (unpaired) electrons. The van der Waals surface area contributed by atoms with Gasteiger partial charge in [0.1, 0.15) is 17.9 Å².